The minimum absolute atomic E-state index is 0.253. The molecule has 2 atom stereocenters. The highest BCUT2D eigenvalue weighted by Crippen LogP contribution is 2.28. The van der Waals surface area contributed by atoms with Crippen LogP contribution in [-0.2, 0) is 22.7 Å². The molecule has 2 unspecified atom stereocenters. The zero-order chi connectivity index (χ0) is 19.1. The molecule has 1 heterocycles. The zero-order valence-electron chi connectivity index (χ0n) is 15.2. The molecule has 0 radical (unpaired) electrons. The molecule has 0 bridgehead atoms. The molecule has 7 nitrogen and oxygen atoms in total. The van der Waals surface area contributed by atoms with Crippen LogP contribution in [-0.4, -0.2) is 28.8 Å². The van der Waals surface area contributed by atoms with Crippen LogP contribution in [0.5, 0.6) is 0 Å². The molecule has 0 saturated carbocycles. The van der Waals surface area contributed by atoms with Gasteiger partial charge in [0, 0.05) is 18.9 Å². The summed E-state index contributed by atoms with van der Waals surface area (Å²) in [5, 5.41) is 13.7. The first kappa shape index (κ1) is 19.3. The van der Waals surface area contributed by atoms with Crippen molar-refractivity contribution >= 4 is 5.91 Å². The van der Waals surface area contributed by atoms with Gasteiger partial charge in [0.1, 0.15) is 0 Å². The fraction of sp³-hybridized carbons (Fsp3) is 0.350. The van der Waals surface area contributed by atoms with E-state index in [-0.39, 0.29) is 12.3 Å². The molecule has 0 saturated heterocycles. The highest BCUT2D eigenvalue weighted by Gasteiger charge is 2.26. The van der Waals surface area contributed by atoms with Crippen molar-refractivity contribution < 1.29 is 14.9 Å². The third-order valence-corrected chi connectivity index (χ3v) is 4.97. The van der Waals surface area contributed by atoms with Gasteiger partial charge in [-0.2, -0.15) is 11.0 Å². The number of allylic oxidation sites excluding steroid dienone is 2. The third-order valence-electron chi connectivity index (χ3n) is 4.97. The first-order chi connectivity index (χ1) is 13.2. The smallest absolute Gasteiger partial charge is 0.243 e. The number of benzene rings is 1. The molecule has 0 fully saturated rings. The summed E-state index contributed by atoms with van der Waals surface area (Å²) in [6.45, 7) is 1.28. The Labute approximate surface area is 159 Å². The molecular weight excluding hydrogens is 344 g/mol. The summed E-state index contributed by atoms with van der Waals surface area (Å²) in [4.78, 5) is 16.1. The largest absolute Gasteiger partial charge is 0.384 e. The Hall–Kier alpha value is -2.45. The lowest BCUT2D eigenvalue weighted by molar-refractivity contribution is -0.170. The molecule has 1 aromatic carbocycles. The lowest BCUT2D eigenvalue weighted by Crippen LogP contribution is -2.29. The number of nitrogens with two attached hydrogens (primary N) is 1. The molecule has 0 spiro atoms. The van der Waals surface area contributed by atoms with Crippen LogP contribution in [0.2, 0.25) is 0 Å². The van der Waals surface area contributed by atoms with Crippen LogP contribution in [0.15, 0.2) is 60.3 Å². The zero-order valence-corrected chi connectivity index (χ0v) is 15.2. The summed E-state index contributed by atoms with van der Waals surface area (Å²) < 4.78 is 0. The fourth-order valence-electron chi connectivity index (χ4n) is 3.41. The molecule has 1 aliphatic carbocycles. The highest BCUT2D eigenvalue weighted by molar-refractivity contribution is 5.74. The van der Waals surface area contributed by atoms with E-state index in [2.05, 4.69) is 35.8 Å². The fourth-order valence-corrected chi connectivity index (χ4v) is 3.41. The monoisotopic (exact) mass is 370 g/mol. The van der Waals surface area contributed by atoms with E-state index in [1.807, 2.05) is 24.3 Å². The number of aryl methyl sites for hydroxylation is 1. The number of rotatable bonds is 9. The second-order valence-electron chi connectivity index (χ2n) is 6.78. The van der Waals surface area contributed by atoms with Crippen molar-refractivity contribution in [1.29, 1.82) is 0 Å². The van der Waals surface area contributed by atoms with Crippen molar-refractivity contribution in [3.63, 3.8) is 0 Å². The number of hydroxylamine groups is 3. The van der Waals surface area contributed by atoms with Gasteiger partial charge in [-0.05, 0) is 35.7 Å². The average molecular weight is 370 g/mol. The quantitative estimate of drug-likeness (QED) is 0.390. The summed E-state index contributed by atoms with van der Waals surface area (Å²) >= 11 is 0. The Morgan fingerprint density at radius 3 is 2.67 bits per heavy atom. The van der Waals surface area contributed by atoms with E-state index in [0.717, 1.165) is 17.5 Å². The number of carbonyl (C=O) groups is 1. The summed E-state index contributed by atoms with van der Waals surface area (Å²) in [6, 6.07) is 8.31. The molecule has 5 N–H and O–H groups in total. The van der Waals surface area contributed by atoms with Crippen molar-refractivity contribution in [2.24, 2.45) is 11.8 Å². The van der Waals surface area contributed by atoms with Crippen molar-refractivity contribution in [1.82, 2.24) is 15.9 Å². The number of nitrogens with zero attached hydrogens (tertiary/aromatic N) is 1. The standard InChI is InChI=1S/C20H26N4O3/c21-27-24(12-11-17-13-22-19-4-2-1-3-18(17)19)14-16-7-5-15(6-8-16)9-10-20(25)23-26/h1-8,13,18-19,22,26H,9-12,14,21H2,(H,23,25). The second kappa shape index (κ2) is 9.48. The predicted molar refractivity (Wildman–Crippen MR) is 102 cm³/mol. The molecule has 2 aliphatic rings. The van der Waals surface area contributed by atoms with Gasteiger partial charge in [-0.25, -0.2) is 10.4 Å². The predicted octanol–water partition coefficient (Wildman–Crippen LogP) is 1.72. The molecule has 1 aliphatic heterocycles. The Kier molecular flexibility index (Phi) is 6.78. The first-order valence-corrected chi connectivity index (χ1v) is 9.12. The maximum Gasteiger partial charge on any atom is 0.243 e. The van der Waals surface area contributed by atoms with Gasteiger partial charge in [-0.1, -0.05) is 48.6 Å². The normalized spacial score (nSPS) is 20.3. The van der Waals surface area contributed by atoms with Crippen LogP contribution in [0, 0.1) is 5.92 Å². The van der Waals surface area contributed by atoms with Crippen LogP contribution in [0.4, 0.5) is 0 Å². The number of nitrogens with one attached hydrogen (secondary N) is 2. The summed E-state index contributed by atoms with van der Waals surface area (Å²) in [7, 11) is 0. The van der Waals surface area contributed by atoms with Crippen molar-refractivity contribution in [2.75, 3.05) is 6.54 Å². The lowest BCUT2D eigenvalue weighted by atomic mass is 9.90. The minimum atomic E-state index is -0.386. The van der Waals surface area contributed by atoms with Crippen LogP contribution < -0.4 is 16.7 Å². The Balaban J connectivity index is 1.48. The van der Waals surface area contributed by atoms with Gasteiger partial charge in [0.25, 0.3) is 0 Å². The molecule has 0 aromatic heterocycles. The molecular formula is C20H26N4O3. The topological polar surface area (TPSA) is 99.9 Å². The Morgan fingerprint density at radius 2 is 1.93 bits per heavy atom. The van der Waals surface area contributed by atoms with E-state index in [9.17, 15) is 4.79 Å². The molecule has 3 rings (SSSR count). The van der Waals surface area contributed by atoms with E-state index in [1.54, 1.807) is 10.5 Å². The SMILES string of the molecule is NON(CCC1=CNC2C=CC=CC12)Cc1ccc(CCC(=O)NO)cc1. The summed E-state index contributed by atoms with van der Waals surface area (Å²) in [5.74, 6) is 5.48. The molecule has 1 amide bonds. The number of carbonyl (C=O) groups excluding carboxylic acids is 1. The number of fused-ring (bicyclic) bond motifs is 1. The minimum Gasteiger partial charge on any atom is -0.384 e. The van der Waals surface area contributed by atoms with Gasteiger partial charge in [-0.3, -0.25) is 10.0 Å². The van der Waals surface area contributed by atoms with Crippen molar-refractivity contribution in [3.05, 3.63) is 71.5 Å². The highest BCUT2D eigenvalue weighted by atomic mass is 16.8. The Bertz CT molecular complexity index is 727. The van der Waals surface area contributed by atoms with Gasteiger partial charge >= 0.3 is 0 Å². The molecule has 1 aromatic rings. The lowest BCUT2D eigenvalue weighted by Gasteiger charge is -2.22. The van der Waals surface area contributed by atoms with E-state index in [0.29, 0.717) is 31.5 Å². The van der Waals surface area contributed by atoms with Gasteiger partial charge in [0.15, 0.2) is 0 Å². The average Bonchev–Trinajstić information content (AvgIpc) is 3.13. The van der Waals surface area contributed by atoms with Gasteiger partial charge < -0.3 is 5.32 Å². The summed E-state index contributed by atoms with van der Waals surface area (Å²) in [5.41, 5.74) is 5.10. The number of hydrogen-bond acceptors (Lipinski definition) is 6. The second-order valence-corrected chi connectivity index (χ2v) is 6.78. The summed E-state index contributed by atoms with van der Waals surface area (Å²) in [6.07, 6.45) is 12.4. The van der Waals surface area contributed by atoms with Crippen LogP contribution in [0.1, 0.15) is 24.0 Å². The Morgan fingerprint density at radius 1 is 1.19 bits per heavy atom. The van der Waals surface area contributed by atoms with Crippen LogP contribution in [0.25, 0.3) is 0 Å². The van der Waals surface area contributed by atoms with Crippen molar-refractivity contribution in [3.8, 4) is 0 Å². The van der Waals surface area contributed by atoms with Gasteiger partial charge in [0.05, 0.1) is 12.6 Å². The molecule has 27 heavy (non-hydrogen) atoms. The maximum atomic E-state index is 11.1. The van der Waals surface area contributed by atoms with Crippen molar-refractivity contribution in [2.45, 2.75) is 31.8 Å². The molecule has 7 heteroatoms. The van der Waals surface area contributed by atoms with E-state index in [1.165, 1.54) is 5.57 Å². The number of hydrogen-bond donors (Lipinski definition) is 4. The maximum absolute atomic E-state index is 11.1. The molecule has 144 valence electrons. The number of amides is 1. The van der Waals surface area contributed by atoms with Crippen LogP contribution in [0.3, 0.4) is 0 Å². The van der Waals surface area contributed by atoms with Crippen LogP contribution >= 0.6 is 0 Å². The van der Waals surface area contributed by atoms with Gasteiger partial charge in [0.2, 0.25) is 5.91 Å². The van der Waals surface area contributed by atoms with E-state index < -0.39 is 0 Å². The first-order valence-electron chi connectivity index (χ1n) is 9.12. The van der Waals surface area contributed by atoms with E-state index in [4.69, 9.17) is 16.0 Å². The van der Waals surface area contributed by atoms with E-state index >= 15 is 0 Å². The third kappa shape index (κ3) is 5.27. The van der Waals surface area contributed by atoms with Gasteiger partial charge in [-0.15, -0.1) is 0 Å².